The number of hydrogen-bond donors (Lipinski definition) is 2. The lowest BCUT2D eigenvalue weighted by atomic mass is 10.0. The zero-order chi connectivity index (χ0) is 12.8. The second kappa shape index (κ2) is 6.67. The Morgan fingerprint density at radius 1 is 1.35 bits per heavy atom. The molecule has 0 heterocycles. The van der Waals surface area contributed by atoms with Gasteiger partial charge < -0.3 is 11.1 Å². The van der Waals surface area contributed by atoms with Crippen molar-refractivity contribution in [2.45, 2.75) is 25.6 Å². The Balaban J connectivity index is 2.60. The summed E-state index contributed by atoms with van der Waals surface area (Å²) in [6.45, 7) is 3.67. The van der Waals surface area contributed by atoms with E-state index < -0.39 is 0 Å². The number of nitrogens with two attached hydrogens (primary N) is 1. The highest BCUT2D eigenvalue weighted by molar-refractivity contribution is 7.97. The van der Waals surface area contributed by atoms with Crippen LogP contribution in [-0.4, -0.2) is 18.2 Å². The second-order valence-corrected chi connectivity index (χ2v) is 5.13. The van der Waals surface area contributed by atoms with Crippen molar-refractivity contribution in [1.29, 1.82) is 0 Å². The van der Waals surface area contributed by atoms with Gasteiger partial charge in [-0.1, -0.05) is 19.1 Å². The van der Waals surface area contributed by atoms with Crippen LogP contribution in [0.3, 0.4) is 0 Å². The van der Waals surface area contributed by atoms with E-state index in [-0.39, 0.29) is 17.9 Å². The minimum atomic E-state index is -0.180. The fourth-order valence-corrected chi connectivity index (χ4v) is 1.87. The summed E-state index contributed by atoms with van der Waals surface area (Å²) in [6.07, 6.45) is 2.07. The van der Waals surface area contributed by atoms with Gasteiger partial charge in [0, 0.05) is 17.5 Å². The molecule has 0 aliphatic carbocycles. The molecule has 17 heavy (non-hydrogen) atoms. The molecule has 0 radical (unpaired) electrons. The first-order valence-corrected chi connectivity index (χ1v) is 7.08. The minimum absolute atomic E-state index is 0.0300. The van der Waals surface area contributed by atoms with Gasteiger partial charge in [0.05, 0.1) is 5.92 Å². The van der Waals surface area contributed by atoms with Crippen LogP contribution in [0.15, 0.2) is 24.3 Å². The molecule has 0 aliphatic heterocycles. The van der Waals surface area contributed by atoms with E-state index >= 15 is 0 Å². The standard InChI is InChI=1S/C13H20N2OS/c1-9(10(2)14)13(16)15-12-6-4-11(5-7-12)8-17-3/h4-7,9-10H,8,14H2,1-3H3,(H,15,16). The minimum Gasteiger partial charge on any atom is -0.327 e. The summed E-state index contributed by atoms with van der Waals surface area (Å²) in [5, 5.41) is 2.87. The fraction of sp³-hybridized carbons (Fsp3) is 0.462. The van der Waals surface area contributed by atoms with Gasteiger partial charge in [-0.2, -0.15) is 11.8 Å². The average molecular weight is 252 g/mol. The predicted molar refractivity (Wildman–Crippen MR) is 75.1 cm³/mol. The van der Waals surface area contributed by atoms with Crippen LogP contribution >= 0.6 is 11.8 Å². The number of anilines is 1. The number of carbonyl (C=O) groups is 1. The molecule has 0 bridgehead atoms. The van der Waals surface area contributed by atoms with Crippen LogP contribution in [0.2, 0.25) is 0 Å². The van der Waals surface area contributed by atoms with Crippen molar-refractivity contribution in [2.24, 2.45) is 11.7 Å². The Bertz CT molecular complexity index is 362. The zero-order valence-corrected chi connectivity index (χ0v) is 11.4. The summed E-state index contributed by atoms with van der Waals surface area (Å²) < 4.78 is 0. The van der Waals surface area contributed by atoms with Crippen molar-refractivity contribution >= 4 is 23.4 Å². The number of rotatable bonds is 5. The molecule has 0 saturated heterocycles. The van der Waals surface area contributed by atoms with Gasteiger partial charge in [-0.05, 0) is 30.9 Å². The molecule has 3 nitrogen and oxygen atoms in total. The van der Waals surface area contributed by atoms with E-state index in [1.54, 1.807) is 11.8 Å². The van der Waals surface area contributed by atoms with Gasteiger partial charge in [-0.3, -0.25) is 4.79 Å². The number of hydrogen-bond acceptors (Lipinski definition) is 3. The van der Waals surface area contributed by atoms with Gasteiger partial charge in [0.25, 0.3) is 0 Å². The summed E-state index contributed by atoms with van der Waals surface area (Å²) in [6, 6.07) is 7.78. The first-order valence-electron chi connectivity index (χ1n) is 5.69. The smallest absolute Gasteiger partial charge is 0.228 e. The maximum absolute atomic E-state index is 11.8. The molecule has 0 saturated carbocycles. The lowest BCUT2D eigenvalue weighted by molar-refractivity contribution is -0.119. The van der Waals surface area contributed by atoms with Crippen molar-refractivity contribution in [3.8, 4) is 0 Å². The Morgan fingerprint density at radius 3 is 2.41 bits per heavy atom. The molecule has 0 fully saturated rings. The van der Waals surface area contributed by atoms with Crippen molar-refractivity contribution in [3.05, 3.63) is 29.8 Å². The number of carbonyl (C=O) groups excluding carboxylic acids is 1. The van der Waals surface area contributed by atoms with Crippen LogP contribution in [0.4, 0.5) is 5.69 Å². The monoisotopic (exact) mass is 252 g/mol. The summed E-state index contributed by atoms with van der Waals surface area (Å²) in [5.41, 5.74) is 7.78. The lowest BCUT2D eigenvalue weighted by Crippen LogP contribution is -2.34. The van der Waals surface area contributed by atoms with E-state index in [9.17, 15) is 4.79 Å². The van der Waals surface area contributed by atoms with Crippen molar-refractivity contribution in [1.82, 2.24) is 0 Å². The van der Waals surface area contributed by atoms with E-state index in [2.05, 4.69) is 11.6 Å². The van der Waals surface area contributed by atoms with Crippen molar-refractivity contribution in [2.75, 3.05) is 11.6 Å². The average Bonchev–Trinajstić information content (AvgIpc) is 2.30. The molecule has 2 unspecified atom stereocenters. The van der Waals surface area contributed by atoms with Crippen LogP contribution < -0.4 is 11.1 Å². The van der Waals surface area contributed by atoms with Gasteiger partial charge in [-0.15, -0.1) is 0 Å². The molecule has 0 spiro atoms. The summed E-state index contributed by atoms with van der Waals surface area (Å²) in [7, 11) is 0. The SMILES string of the molecule is CSCc1ccc(NC(=O)C(C)C(C)N)cc1. The van der Waals surface area contributed by atoms with E-state index in [0.29, 0.717) is 0 Å². The fourth-order valence-electron chi connectivity index (χ4n) is 1.35. The van der Waals surface area contributed by atoms with E-state index in [1.165, 1.54) is 5.56 Å². The van der Waals surface area contributed by atoms with Crippen LogP contribution in [0.5, 0.6) is 0 Å². The summed E-state index contributed by atoms with van der Waals surface area (Å²) in [4.78, 5) is 11.8. The zero-order valence-electron chi connectivity index (χ0n) is 10.6. The van der Waals surface area contributed by atoms with Gasteiger partial charge >= 0.3 is 0 Å². The molecule has 1 aromatic rings. The molecular weight excluding hydrogens is 232 g/mol. The number of thioether (sulfide) groups is 1. The van der Waals surface area contributed by atoms with E-state index in [1.807, 2.05) is 38.1 Å². The topological polar surface area (TPSA) is 55.1 Å². The highest BCUT2D eigenvalue weighted by Gasteiger charge is 2.16. The van der Waals surface area contributed by atoms with Crippen LogP contribution in [0.1, 0.15) is 19.4 Å². The Hall–Kier alpha value is -1.00. The van der Waals surface area contributed by atoms with Crippen molar-refractivity contribution in [3.63, 3.8) is 0 Å². The molecule has 4 heteroatoms. The van der Waals surface area contributed by atoms with Crippen molar-refractivity contribution < 1.29 is 4.79 Å². The third-order valence-corrected chi connectivity index (χ3v) is 3.36. The highest BCUT2D eigenvalue weighted by atomic mass is 32.2. The van der Waals surface area contributed by atoms with Crippen LogP contribution in [0.25, 0.3) is 0 Å². The molecule has 0 aromatic heterocycles. The third kappa shape index (κ3) is 4.40. The molecule has 1 rings (SSSR count). The molecule has 1 amide bonds. The maximum atomic E-state index is 11.8. The summed E-state index contributed by atoms with van der Waals surface area (Å²) >= 11 is 1.78. The summed E-state index contributed by atoms with van der Waals surface area (Å²) in [5.74, 6) is 0.781. The quantitative estimate of drug-likeness (QED) is 0.846. The molecular formula is C13H20N2OS. The van der Waals surface area contributed by atoms with E-state index in [0.717, 1.165) is 11.4 Å². The molecule has 94 valence electrons. The molecule has 2 atom stereocenters. The number of nitrogens with one attached hydrogen (secondary N) is 1. The number of benzene rings is 1. The normalized spacial score (nSPS) is 14.1. The highest BCUT2D eigenvalue weighted by Crippen LogP contribution is 2.14. The largest absolute Gasteiger partial charge is 0.327 e. The molecule has 1 aromatic carbocycles. The van der Waals surface area contributed by atoms with Gasteiger partial charge in [0.2, 0.25) is 5.91 Å². The van der Waals surface area contributed by atoms with Gasteiger partial charge in [0.15, 0.2) is 0 Å². The molecule has 0 aliphatic rings. The van der Waals surface area contributed by atoms with Gasteiger partial charge in [-0.25, -0.2) is 0 Å². The number of amides is 1. The molecule has 3 N–H and O–H groups in total. The Labute approximate surface area is 107 Å². The third-order valence-electron chi connectivity index (χ3n) is 2.73. The predicted octanol–water partition coefficient (Wildman–Crippen LogP) is 2.47. The van der Waals surface area contributed by atoms with Crippen LogP contribution in [-0.2, 0) is 10.5 Å². The second-order valence-electron chi connectivity index (χ2n) is 4.27. The lowest BCUT2D eigenvalue weighted by Gasteiger charge is -2.15. The first kappa shape index (κ1) is 14.1. The Kier molecular flexibility index (Phi) is 5.51. The van der Waals surface area contributed by atoms with Gasteiger partial charge in [0.1, 0.15) is 0 Å². The Morgan fingerprint density at radius 2 is 1.94 bits per heavy atom. The van der Waals surface area contributed by atoms with Crippen LogP contribution in [0, 0.1) is 5.92 Å². The maximum Gasteiger partial charge on any atom is 0.228 e. The first-order chi connectivity index (χ1) is 8.04. The van der Waals surface area contributed by atoms with E-state index in [4.69, 9.17) is 5.73 Å².